The molecule has 0 unspecified atom stereocenters. The normalized spacial score (nSPS) is 18.1. The van der Waals surface area contributed by atoms with Gasteiger partial charge in [-0.05, 0) is 46.2 Å². The van der Waals surface area contributed by atoms with Crippen LogP contribution in [0.4, 0.5) is 27.2 Å². The molecule has 4 heterocycles. The first-order chi connectivity index (χ1) is 28.0. The number of alkyl halides is 4. The fourth-order valence-electron chi connectivity index (χ4n) is 6.98. The number of likely N-dealkylation sites (tertiary alicyclic amines) is 1. The molecule has 1 saturated heterocycles. The molecule has 2 aromatic heterocycles. The van der Waals surface area contributed by atoms with Gasteiger partial charge in [-0.25, -0.2) is 33.0 Å². The number of aromatic amines is 1. The van der Waals surface area contributed by atoms with Crippen LogP contribution in [0.1, 0.15) is 56.5 Å². The maximum atomic E-state index is 15.5. The van der Waals surface area contributed by atoms with Gasteiger partial charge in [-0.15, -0.1) is 0 Å². The maximum absolute atomic E-state index is 15.5. The van der Waals surface area contributed by atoms with Gasteiger partial charge in [0.25, 0.3) is 11.8 Å². The molecule has 2 aliphatic rings. The van der Waals surface area contributed by atoms with Crippen LogP contribution in [0.15, 0.2) is 96.5 Å². The summed E-state index contributed by atoms with van der Waals surface area (Å²) in [6.45, 7) is 0.479. The molecule has 5 aromatic rings. The molecule has 3 aromatic carbocycles. The van der Waals surface area contributed by atoms with E-state index in [0.29, 0.717) is 38.1 Å². The molecule has 3 amide bonds. The Bertz CT molecular complexity index is 2350. The minimum Gasteiger partial charge on any atom is -0.447 e. The highest BCUT2D eigenvalue weighted by atomic mass is 35.5. The molecule has 59 heavy (non-hydrogen) atoms. The van der Waals surface area contributed by atoms with E-state index in [4.69, 9.17) is 26.1 Å². The summed E-state index contributed by atoms with van der Waals surface area (Å²) in [6, 6.07) is 18.9. The number of nitrogens with zero attached hydrogens (tertiary/aromatic N) is 7. The zero-order valence-electron chi connectivity index (χ0n) is 31.9. The number of hydrogen-bond donors (Lipinski definition) is 2. The minimum atomic E-state index is -3.07. The molecule has 0 spiro atoms. The molecule has 2 aliphatic heterocycles. The van der Waals surface area contributed by atoms with E-state index in [1.807, 2.05) is 26.8 Å². The van der Waals surface area contributed by atoms with Gasteiger partial charge in [0.15, 0.2) is 11.4 Å². The SMILES string of the molecule is CC(C)(C)C[C@]1(c2ccc(-c3cnn(C(F)F)c3)cc2)N=C(NC(=O)OCc2ccccc2)N([C@H](COC(=O)N2CC(F)(F)C2)c2ccc(Cl)c(-c3ncn[nH]3)c2)C1=O. The summed E-state index contributed by atoms with van der Waals surface area (Å²) in [5.41, 5.74) is 0.396. The van der Waals surface area contributed by atoms with E-state index >= 15 is 4.79 Å². The molecule has 2 atom stereocenters. The van der Waals surface area contributed by atoms with Crippen LogP contribution >= 0.6 is 11.6 Å². The number of benzene rings is 3. The fourth-order valence-corrected chi connectivity index (χ4v) is 7.19. The largest absolute Gasteiger partial charge is 0.447 e. The van der Waals surface area contributed by atoms with E-state index in [9.17, 15) is 27.2 Å². The molecule has 0 aliphatic carbocycles. The van der Waals surface area contributed by atoms with Crippen LogP contribution < -0.4 is 5.32 Å². The van der Waals surface area contributed by atoms with Gasteiger partial charge < -0.3 is 9.47 Å². The Labute approximate surface area is 340 Å². The lowest BCUT2D eigenvalue weighted by molar-refractivity contribution is -0.135. The summed E-state index contributed by atoms with van der Waals surface area (Å²) in [6.07, 6.45) is 1.85. The Morgan fingerprint density at radius 2 is 1.73 bits per heavy atom. The first-order valence-corrected chi connectivity index (χ1v) is 18.7. The van der Waals surface area contributed by atoms with Crippen LogP contribution in [0, 0.1) is 5.41 Å². The second kappa shape index (κ2) is 16.2. The molecule has 0 saturated carbocycles. The molecular weight excluding hydrogens is 798 g/mol. The number of H-pyrrole nitrogens is 1. The van der Waals surface area contributed by atoms with Gasteiger partial charge in [-0.2, -0.15) is 19.0 Å². The summed E-state index contributed by atoms with van der Waals surface area (Å²) >= 11 is 6.59. The van der Waals surface area contributed by atoms with Crippen molar-refractivity contribution in [1.29, 1.82) is 0 Å². The molecule has 0 bridgehead atoms. The highest BCUT2D eigenvalue weighted by Gasteiger charge is 2.54. The van der Waals surface area contributed by atoms with Gasteiger partial charge in [-0.1, -0.05) is 93.0 Å². The number of rotatable bonds is 11. The van der Waals surface area contributed by atoms with Crippen molar-refractivity contribution < 1.29 is 41.4 Å². The van der Waals surface area contributed by atoms with E-state index < -0.39 is 67.3 Å². The van der Waals surface area contributed by atoms with Crippen molar-refractivity contribution in [3.63, 3.8) is 0 Å². The summed E-state index contributed by atoms with van der Waals surface area (Å²) in [5, 5.41) is 13.3. The minimum absolute atomic E-state index is 0.0849. The van der Waals surface area contributed by atoms with Crippen molar-refractivity contribution in [3.05, 3.63) is 113 Å². The Balaban J connectivity index is 1.32. The van der Waals surface area contributed by atoms with E-state index in [1.54, 1.807) is 60.7 Å². The third-order valence-corrected chi connectivity index (χ3v) is 9.96. The number of carbonyl (C=O) groups excluding carboxylic acids is 3. The predicted octanol–water partition coefficient (Wildman–Crippen LogP) is 7.97. The molecule has 7 rings (SSSR count). The second-order valence-electron chi connectivity index (χ2n) is 15.3. The number of guanidine groups is 1. The van der Waals surface area contributed by atoms with Gasteiger partial charge in [0, 0.05) is 17.3 Å². The lowest BCUT2D eigenvalue weighted by Crippen LogP contribution is -2.58. The van der Waals surface area contributed by atoms with Crippen molar-refractivity contribution in [3.8, 4) is 22.5 Å². The number of amides is 3. The molecule has 0 radical (unpaired) electrons. The van der Waals surface area contributed by atoms with Crippen LogP contribution in [0.5, 0.6) is 0 Å². The molecule has 1 fully saturated rings. The number of alkyl carbamates (subject to hydrolysis) is 1. The molecule has 19 heteroatoms. The van der Waals surface area contributed by atoms with Crippen molar-refractivity contribution in [2.75, 3.05) is 19.7 Å². The van der Waals surface area contributed by atoms with Gasteiger partial charge in [-0.3, -0.25) is 25.0 Å². The third-order valence-electron chi connectivity index (χ3n) is 9.63. The van der Waals surface area contributed by atoms with Crippen molar-refractivity contribution >= 4 is 35.7 Å². The van der Waals surface area contributed by atoms with Gasteiger partial charge in [0.2, 0.25) is 5.96 Å². The Morgan fingerprint density at radius 1 is 1.00 bits per heavy atom. The Hall–Kier alpha value is -6.30. The highest BCUT2D eigenvalue weighted by molar-refractivity contribution is 6.33. The lowest BCUT2D eigenvalue weighted by atomic mass is 9.75. The van der Waals surface area contributed by atoms with E-state index in [2.05, 4.69) is 25.6 Å². The summed E-state index contributed by atoms with van der Waals surface area (Å²) in [5.74, 6) is -3.69. The van der Waals surface area contributed by atoms with Crippen LogP contribution in [-0.4, -0.2) is 84.4 Å². The average molecular weight is 836 g/mol. The standard InChI is InChI=1S/C40H38ClF4N9O5/c1-38(2,3)20-40(28-12-9-25(10-13-28)27-16-48-53(17-27)34(42)43)33(55)54(35(50-40)49-36(56)58-18-24-7-5-4-6-8-24)31(19-59-37(57)52-21-39(44,45)22-52)26-11-14-30(41)29(15-26)32-46-23-47-51-32/h4-17,23,31,34H,18-22H2,1-3H3,(H,46,47,51)(H,49,50,56)/t31-,40-/m1/s1. The Morgan fingerprint density at radius 3 is 2.36 bits per heavy atom. The van der Waals surface area contributed by atoms with Crippen LogP contribution in [0.25, 0.3) is 22.5 Å². The van der Waals surface area contributed by atoms with Gasteiger partial charge >= 0.3 is 18.7 Å². The first kappa shape index (κ1) is 40.9. The monoisotopic (exact) mass is 835 g/mol. The van der Waals surface area contributed by atoms with E-state index in [0.717, 1.165) is 4.90 Å². The molecular formula is C40H38ClF4N9O5. The zero-order chi connectivity index (χ0) is 42.1. The number of aliphatic imine (C=N–C) groups is 1. The smallest absolute Gasteiger partial charge is 0.414 e. The maximum Gasteiger partial charge on any atom is 0.414 e. The van der Waals surface area contributed by atoms with Crippen LogP contribution in [0.3, 0.4) is 0 Å². The number of aromatic nitrogens is 5. The third kappa shape index (κ3) is 8.91. The van der Waals surface area contributed by atoms with Crippen molar-refractivity contribution in [1.82, 2.24) is 40.1 Å². The summed E-state index contributed by atoms with van der Waals surface area (Å²) in [4.78, 5) is 53.3. The fraction of sp³-hybridized carbons (Fsp3) is 0.325. The number of carbonyl (C=O) groups is 3. The first-order valence-electron chi connectivity index (χ1n) is 18.3. The van der Waals surface area contributed by atoms with Crippen LogP contribution in [0.2, 0.25) is 5.02 Å². The number of hydrogen-bond acceptors (Lipinski definition) is 9. The Kier molecular flexibility index (Phi) is 11.2. The zero-order valence-corrected chi connectivity index (χ0v) is 32.7. The van der Waals surface area contributed by atoms with Crippen molar-refractivity contribution in [2.24, 2.45) is 10.4 Å². The van der Waals surface area contributed by atoms with E-state index in [1.165, 1.54) is 29.7 Å². The topological polar surface area (TPSA) is 160 Å². The highest BCUT2D eigenvalue weighted by Crippen LogP contribution is 2.46. The lowest BCUT2D eigenvalue weighted by Gasteiger charge is -2.38. The number of halogens is 5. The van der Waals surface area contributed by atoms with Crippen LogP contribution in [-0.2, 0) is 26.4 Å². The average Bonchev–Trinajstić information content (AvgIpc) is 3.95. The number of ether oxygens (including phenoxy) is 2. The van der Waals surface area contributed by atoms with E-state index in [-0.39, 0.29) is 29.8 Å². The predicted molar refractivity (Wildman–Crippen MR) is 206 cm³/mol. The quantitative estimate of drug-likeness (QED) is 0.127. The second-order valence-corrected chi connectivity index (χ2v) is 15.7. The van der Waals surface area contributed by atoms with Gasteiger partial charge in [0.05, 0.1) is 30.4 Å². The molecule has 2 N–H and O–H groups in total. The number of nitrogens with one attached hydrogen (secondary N) is 2. The summed E-state index contributed by atoms with van der Waals surface area (Å²) in [7, 11) is 0. The van der Waals surface area contributed by atoms with Gasteiger partial charge in [0.1, 0.15) is 19.5 Å². The molecule has 308 valence electrons. The molecule has 14 nitrogen and oxygen atoms in total. The van der Waals surface area contributed by atoms with Crippen molar-refractivity contribution in [2.45, 2.75) is 57.9 Å². The summed E-state index contributed by atoms with van der Waals surface area (Å²) < 4.78 is 65.9.